The summed E-state index contributed by atoms with van der Waals surface area (Å²) in [6, 6.07) is 11.5. The van der Waals surface area contributed by atoms with E-state index in [0.717, 1.165) is 16.8 Å². The Bertz CT molecular complexity index is 919. The van der Waals surface area contributed by atoms with Gasteiger partial charge in [0.05, 0.1) is 24.8 Å². The molecule has 26 heavy (non-hydrogen) atoms. The molecule has 0 aromatic heterocycles. The van der Waals surface area contributed by atoms with Gasteiger partial charge in [0, 0.05) is 11.6 Å². The third-order valence-electron chi connectivity index (χ3n) is 3.95. The number of hydrogen-bond donors (Lipinski definition) is 1. The lowest BCUT2D eigenvalue weighted by molar-refractivity contribution is -0.115. The van der Waals surface area contributed by atoms with Gasteiger partial charge in [-0.2, -0.15) is 0 Å². The highest BCUT2D eigenvalue weighted by Gasteiger charge is 2.24. The van der Waals surface area contributed by atoms with E-state index in [0.29, 0.717) is 21.6 Å². The third-order valence-corrected chi connectivity index (χ3v) is 4.86. The molecule has 0 aliphatic carbocycles. The van der Waals surface area contributed by atoms with Crippen molar-refractivity contribution in [2.24, 2.45) is 4.99 Å². The topological polar surface area (TPSA) is 59.9 Å². The summed E-state index contributed by atoms with van der Waals surface area (Å²) in [5.41, 5.74) is 3.91. The van der Waals surface area contributed by atoms with Gasteiger partial charge in [0.1, 0.15) is 11.5 Å². The minimum Gasteiger partial charge on any atom is -0.497 e. The van der Waals surface area contributed by atoms with Gasteiger partial charge < -0.3 is 14.8 Å². The molecule has 2 aromatic carbocycles. The number of nitrogens with zero attached hydrogens (tertiary/aromatic N) is 1. The summed E-state index contributed by atoms with van der Waals surface area (Å²) in [6.07, 6.45) is 1.79. The number of thioether (sulfide) groups is 1. The number of carbonyl (C=O) groups is 1. The lowest BCUT2D eigenvalue weighted by Gasteiger charge is -2.07. The number of nitrogens with one attached hydrogen (secondary N) is 1. The molecule has 3 rings (SSSR count). The maximum Gasteiger partial charge on any atom is 0.264 e. The molecule has 1 aliphatic rings. The Morgan fingerprint density at radius 2 is 1.88 bits per heavy atom. The molecule has 0 radical (unpaired) electrons. The van der Waals surface area contributed by atoms with Crippen molar-refractivity contribution < 1.29 is 14.3 Å². The fraction of sp³-hybridized carbons (Fsp3) is 0.200. The van der Waals surface area contributed by atoms with Crippen LogP contribution in [0, 0.1) is 13.8 Å². The van der Waals surface area contributed by atoms with Gasteiger partial charge in [-0.05, 0) is 55.4 Å². The van der Waals surface area contributed by atoms with Crippen molar-refractivity contribution in [3.05, 3.63) is 58.0 Å². The predicted molar refractivity (Wildman–Crippen MR) is 106 cm³/mol. The molecule has 6 heteroatoms. The number of aryl methyl sites for hydroxylation is 2. The van der Waals surface area contributed by atoms with Gasteiger partial charge in [-0.25, -0.2) is 4.99 Å². The largest absolute Gasteiger partial charge is 0.497 e. The van der Waals surface area contributed by atoms with E-state index >= 15 is 0 Å². The van der Waals surface area contributed by atoms with Crippen LogP contribution in [0.4, 0.5) is 5.69 Å². The fourth-order valence-corrected chi connectivity index (χ4v) is 3.43. The van der Waals surface area contributed by atoms with Gasteiger partial charge in [-0.1, -0.05) is 17.7 Å². The highest BCUT2D eigenvalue weighted by molar-refractivity contribution is 8.18. The van der Waals surface area contributed by atoms with Crippen molar-refractivity contribution in [3.63, 3.8) is 0 Å². The zero-order chi connectivity index (χ0) is 18.7. The molecule has 0 bridgehead atoms. The molecule has 5 nitrogen and oxygen atoms in total. The number of amidine groups is 1. The van der Waals surface area contributed by atoms with Gasteiger partial charge in [-0.3, -0.25) is 4.79 Å². The number of benzene rings is 2. The first-order valence-corrected chi connectivity index (χ1v) is 8.90. The molecule has 1 N–H and O–H groups in total. The number of carbonyl (C=O) groups excluding carboxylic acids is 1. The van der Waals surface area contributed by atoms with Crippen LogP contribution in [0.25, 0.3) is 6.08 Å². The van der Waals surface area contributed by atoms with Crippen LogP contribution in [0.3, 0.4) is 0 Å². The second-order valence-electron chi connectivity index (χ2n) is 5.88. The van der Waals surface area contributed by atoms with Crippen molar-refractivity contribution in [3.8, 4) is 11.5 Å². The van der Waals surface area contributed by atoms with E-state index in [9.17, 15) is 4.79 Å². The van der Waals surface area contributed by atoms with E-state index in [1.54, 1.807) is 26.4 Å². The quantitative estimate of drug-likeness (QED) is 0.821. The summed E-state index contributed by atoms with van der Waals surface area (Å²) in [7, 11) is 3.19. The van der Waals surface area contributed by atoms with Crippen molar-refractivity contribution in [2.45, 2.75) is 13.8 Å². The fourth-order valence-electron chi connectivity index (χ4n) is 2.60. The smallest absolute Gasteiger partial charge is 0.264 e. The number of aliphatic imine (C=N–C) groups is 1. The average molecular weight is 368 g/mol. The molecular weight excluding hydrogens is 348 g/mol. The van der Waals surface area contributed by atoms with Crippen LogP contribution < -0.4 is 14.8 Å². The molecule has 1 amide bonds. The lowest BCUT2D eigenvalue weighted by Crippen LogP contribution is -2.19. The van der Waals surface area contributed by atoms with Gasteiger partial charge >= 0.3 is 0 Å². The van der Waals surface area contributed by atoms with Crippen molar-refractivity contribution in [2.75, 3.05) is 14.2 Å². The minimum absolute atomic E-state index is 0.170. The molecule has 134 valence electrons. The maximum atomic E-state index is 12.3. The summed E-state index contributed by atoms with van der Waals surface area (Å²) in [6.45, 7) is 4.05. The lowest BCUT2D eigenvalue weighted by atomic mass is 10.1. The molecule has 1 fully saturated rings. The zero-order valence-corrected chi connectivity index (χ0v) is 15.9. The van der Waals surface area contributed by atoms with Crippen LogP contribution >= 0.6 is 11.8 Å². The molecule has 0 saturated carbocycles. The first kappa shape index (κ1) is 18.1. The predicted octanol–water partition coefficient (Wildman–Crippen LogP) is 4.21. The van der Waals surface area contributed by atoms with Crippen LogP contribution in [0.1, 0.15) is 16.7 Å². The SMILES string of the molecule is COc1ccc(C=C2SC(=Nc3ccc(C)cc3C)NC2=O)c(OC)c1. The van der Waals surface area contributed by atoms with Crippen LogP contribution in [0.15, 0.2) is 46.3 Å². The number of ether oxygens (including phenoxy) is 2. The van der Waals surface area contributed by atoms with E-state index in [4.69, 9.17) is 9.47 Å². The van der Waals surface area contributed by atoms with Crippen molar-refractivity contribution in [1.82, 2.24) is 5.32 Å². The second kappa shape index (κ2) is 7.66. The summed E-state index contributed by atoms with van der Waals surface area (Å²) < 4.78 is 10.6. The average Bonchev–Trinajstić information content (AvgIpc) is 2.97. The first-order valence-electron chi connectivity index (χ1n) is 8.09. The van der Waals surface area contributed by atoms with E-state index in [-0.39, 0.29) is 5.91 Å². The van der Waals surface area contributed by atoms with Gasteiger partial charge in [-0.15, -0.1) is 0 Å². The molecule has 0 unspecified atom stereocenters. The first-order chi connectivity index (χ1) is 12.5. The van der Waals surface area contributed by atoms with Crippen LogP contribution in [-0.4, -0.2) is 25.3 Å². The monoisotopic (exact) mass is 368 g/mol. The van der Waals surface area contributed by atoms with Gasteiger partial charge in [0.15, 0.2) is 5.17 Å². The zero-order valence-electron chi connectivity index (χ0n) is 15.1. The van der Waals surface area contributed by atoms with Gasteiger partial charge in [0.25, 0.3) is 5.91 Å². The summed E-state index contributed by atoms with van der Waals surface area (Å²) in [5.74, 6) is 1.17. The molecule has 0 atom stereocenters. The molecule has 2 aromatic rings. The molecule has 1 heterocycles. The van der Waals surface area contributed by atoms with Crippen molar-refractivity contribution in [1.29, 1.82) is 0 Å². The second-order valence-corrected chi connectivity index (χ2v) is 6.91. The Hall–Kier alpha value is -2.73. The third kappa shape index (κ3) is 3.91. The van der Waals surface area contributed by atoms with Crippen LogP contribution in [0.2, 0.25) is 0 Å². The summed E-state index contributed by atoms with van der Waals surface area (Å²) in [4.78, 5) is 17.4. The number of hydrogen-bond acceptors (Lipinski definition) is 5. The Morgan fingerprint density at radius 1 is 1.08 bits per heavy atom. The van der Waals surface area contributed by atoms with E-state index < -0.39 is 0 Å². The van der Waals surface area contributed by atoms with Crippen LogP contribution in [0.5, 0.6) is 11.5 Å². The van der Waals surface area contributed by atoms with E-state index in [1.165, 1.54) is 17.3 Å². The number of rotatable bonds is 4. The number of methoxy groups -OCH3 is 2. The highest BCUT2D eigenvalue weighted by Crippen LogP contribution is 2.32. The van der Waals surface area contributed by atoms with Crippen LogP contribution in [-0.2, 0) is 4.79 Å². The molecular formula is C20H20N2O3S. The molecule has 0 spiro atoms. The molecule has 1 aliphatic heterocycles. The normalized spacial score (nSPS) is 16.8. The Balaban J connectivity index is 1.88. The Morgan fingerprint density at radius 3 is 2.58 bits per heavy atom. The van der Waals surface area contributed by atoms with Gasteiger partial charge in [0.2, 0.25) is 0 Å². The molecule has 1 saturated heterocycles. The summed E-state index contributed by atoms with van der Waals surface area (Å²) >= 11 is 1.31. The van der Waals surface area contributed by atoms with E-state index in [1.807, 2.05) is 38.1 Å². The van der Waals surface area contributed by atoms with Crippen molar-refractivity contribution >= 4 is 34.6 Å². The minimum atomic E-state index is -0.170. The summed E-state index contributed by atoms with van der Waals surface area (Å²) in [5, 5.41) is 3.38. The Kier molecular flexibility index (Phi) is 5.32. The Labute approximate surface area is 157 Å². The standard InChI is InChI=1S/C20H20N2O3S/c1-12-5-8-16(13(2)9-12)21-20-22-19(23)18(26-20)10-14-6-7-15(24-3)11-17(14)25-4/h5-11H,1-4H3,(H,21,22,23). The maximum absolute atomic E-state index is 12.3. The number of amides is 1. The van der Waals surface area contributed by atoms with E-state index in [2.05, 4.69) is 16.4 Å². The highest BCUT2D eigenvalue weighted by atomic mass is 32.2.